The Morgan fingerprint density at radius 3 is 2.82 bits per heavy atom. The van der Waals surface area contributed by atoms with Gasteiger partial charge < -0.3 is 30.5 Å². The minimum absolute atomic E-state index is 0.0251. The van der Waals surface area contributed by atoms with Gasteiger partial charge in [0.25, 0.3) is 0 Å². The van der Waals surface area contributed by atoms with Crippen LogP contribution in [0.15, 0.2) is 30.5 Å². The number of aromatic nitrogens is 2. The van der Waals surface area contributed by atoms with Gasteiger partial charge in [-0.25, -0.2) is 14.8 Å². The van der Waals surface area contributed by atoms with Crippen LogP contribution in [0, 0.1) is 12.8 Å². The summed E-state index contributed by atoms with van der Waals surface area (Å²) in [6.45, 7) is 3.45. The number of hydrogen-bond acceptors (Lipinski definition) is 10. The summed E-state index contributed by atoms with van der Waals surface area (Å²) in [7, 11) is 0. The summed E-state index contributed by atoms with van der Waals surface area (Å²) in [5.74, 6) is -3.38. The first-order valence-corrected chi connectivity index (χ1v) is 12.5. The lowest BCUT2D eigenvalue weighted by atomic mass is 10.0. The van der Waals surface area contributed by atoms with Crippen molar-refractivity contribution in [3.63, 3.8) is 0 Å². The predicted octanol–water partition coefficient (Wildman–Crippen LogP) is 1.15. The highest BCUT2D eigenvalue weighted by atomic mass is 19.4. The van der Waals surface area contributed by atoms with Gasteiger partial charge in [0, 0.05) is 49.5 Å². The lowest BCUT2D eigenvalue weighted by Gasteiger charge is -2.31. The number of ether oxygens (including phenoxy) is 2. The van der Waals surface area contributed by atoms with E-state index >= 15 is 0 Å². The number of hydrogen-bond donors (Lipinski definition) is 4. The van der Waals surface area contributed by atoms with Crippen molar-refractivity contribution in [1.29, 1.82) is 0 Å². The van der Waals surface area contributed by atoms with Gasteiger partial charge in [0.05, 0.1) is 18.7 Å². The monoisotopic (exact) mass is 552 g/mol. The lowest BCUT2D eigenvalue weighted by molar-refractivity contribution is -0.167. The Balaban J connectivity index is 1.60. The Morgan fingerprint density at radius 1 is 1.31 bits per heavy atom. The van der Waals surface area contributed by atoms with E-state index in [4.69, 9.17) is 25.3 Å². The average Bonchev–Trinajstić information content (AvgIpc) is 3.28. The molecule has 1 aromatic heterocycles. The Hall–Kier alpha value is -3.33. The first kappa shape index (κ1) is 28.7. The molecule has 1 amide bonds. The zero-order valence-electron chi connectivity index (χ0n) is 21.3. The van der Waals surface area contributed by atoms with Crippen molar-refractivity contribution in [1.82, 2.24) is 20.6 Å². The molecule has 1 aromatic carbocycles. The van der Waals surface area contributed by atoms with Gasteiger partial charge in [-0.1, -0.05) is 6.07 Å². The fraction of sp³-hybridized carbons (Fsp3) is 0.520. The molecule has 5 N–H and O–H groups in total. The maximum absolute atomic E-state index is 13.2. The van der Waals surface area contributed by atoms with E-state index in [0.717, 1.165) is 5.56 Å². The number of morpholine rings is 1. The molecule has 11 nitrogen and oxygen atoms in total. The summed E-state index contributed by atoms with van der Waals surface area (Å²) in [5, 5.41) is 15.4. The van der Waals surface area contributed by atoms with Crippen molar-refractivity contribution in [2.45, 2.75) is 44.5 Å². The molecule has 0 aliphatic carbocycles. The number of anilines is 1. The van der Waals surface area contributed by atoms with E-state index < -0.39 is 42.7 Å². The maximum Gasteiger partial charge on any atom is 0.398 e. The quantitative estimate of drug-likeness (QED) is 0.277. The van der Waals surface area contributed by atoms with E-state index in [9.17, 15) is 22.8 Å². The number of aliphatic hydroxyl groups is 1. The molecule has 2 aromatic rings. The zero-order chi connectivity index (χ0) is 28.2. The second-order valence-electron chi connectivity index (χ2n) is 9.47. The van der Waals surface area contributed by atoms with Crippen LogP contribution in [0.1, 0.15) is 30.3 Å². The van der Waals surface area contributed by atoms with Crippen LogP contribution in [0.3, 0.4) is 0 Å². The number of carbonyl (C=O) groups is 2. The van der Waals surface area contributed by atoms with Gasteiger partial charge in [-0.3, -0.25) is 10.1 Å². The van der Waals surface area contributed by atoms with Crippen molar-refractivity contribution < 1.29 is 37.3 Å². The van der Waals surface area contributed by atoms with Crippen LogP contribution in [0.25, 0.3) is 11.3 Å². The SMILES string of the molecule is Cc1ccc(N2CC[C@@H](CC(F)(F)F)C2OC(=O)C(N)=O)cc1-c1ccnc([C@@H]2CNC[C@@H](NCCO)O2)n1. The minimum Gasteiger partial charge on any atom is -0.434 e. The van der Waals surface area contributed by atoms with Crippen LogP contribution in [0.4, 0.5) is 18.9 Å². The van der Waals surface area contributed by atoms with Gasteiger partial charge in [-0.15, -0.1) is 0 Å². The summed E-state index contributed by atoms with van der Waals surface area (Å²) < 4.78 is 50.9. The van der Waals surface area contributed by atoms with Crippen LogP contribution in [-0.4, -0.2) is 78.4 Å². The molecule has 2 aliphatic heterocycles. The smallest absolute Gasteiger partial charge is 0.398 e. The molecule has 0 spiro atoms. The van der Waals surface area contributed by atoms with Gasteiger partial charge in [0.15, 0.2) is 12.1 Å². The Morgan fingerprint density at radius 2 is 2.10 bits per heavy atom. The maximum atomic E-state index is 13.2. The molecule has 0 saturated carbocycles. The van der Waals surface area contributed by atoms with Gasteiger partial charge >= 0.3 is 18.1 Å². The van der Waals surface area contributed by atoms with Crippen LogP contribution >= 0.6 is 0 Å². The number of benzene rings is 1. The Labute approximate surface area is 222 Å². The highest BCUT2D eigenvalue weighted by Gasteiger charge is 2.44. The number of aliphatic hydroxyl groups excluding tert-OH is 1. The Kier molecular flexibility index (Phi) is 9.00. The highest BCUT2D eigenvalue weighted by Crippen LogP contribution is 2.39. The third-order valence-electron chi connectivity index (χ3n) is 6.64. The van der Waals surface area contributed by atoms with Crippen molar-refractivity contribution in [3.8, 4) is 11.3 Å². The van der Waals surface area contributed by atoms with Crippen molar-refractivity contribution in [3.05, 3.63) is 41.9 Å². The number of esters is 1. The number of nitrogens with zero attached hydrogens (tertiary/aromatic N) is 3. The standard InChI is InChI=1S/C25H31F3N6O5/c1-14-2-3-16(34-8-5-15(11-25(26,27)28)23(34)39-24(37)21(29)36)10-17(14)18-4-6-32-22(33-18)19-12-30-13-20(38-19)31-7-9-35/h2-4,6,10,15,19-20,23,30-31,35H,5,7-9,11-13H2,1H3,(H2,29,36)/t15-,19-,20-,23?/m0/s1. The molecular weight excluding hydrogens is 521 g/mol. The van der Waals surface area contributed by atoms with Gasteiger partial charge in [-0.05, 0) is 37.1 Å². The molecule has 14 heteroatoms. The molecule has 4 rings (SSSR count). The molecule has 2 fully saturated rings. The van der Waals surface area contributed by atoms with Gasteiger partial charge in [0.2, 0.25) is 0 Å². The van der Waals surface area contributed by atoms with Crippen molar-refractivity contribution in [2.75, 3.05) is 37.7 Å². The summed E-state index contributed by atoms with van der Waals surface area (Å²) in [5.41, 5.74) is 7.64. The molecule has 212 valence electrons. The molecular formula is C25H31F3N6O5. The number of amides is 1. The van der Waals surface area contributed by atoms with Gasteiger partial charge in [0.1, 0.15) is 12.3 Å². The van der Waals surface area contributed by atoms with E-state index in [1.54, 1.807) is 30.5 Å². The van der Waals surface area contributed by atoms with E-state index in [1.165, 1.54) is 4.90 Å². The molecule has 39 heavy (non-hydrogen) atoms. The van der Waals surface area contributed by atoms with Crippen molar-refractivity contribution in [2.24, 2.45) is 11.7 Å². The molecule has 2 saturated heterocycles. The number of primary amides is 1. The zero-order valence-corrected chi connectivity index (χ0v) is 21.3. The first-order chi connectivity index (χ1) is 18.6. The fourth-order valence-electron chi connectivity index (χ4n) is 4.81. The average molecular weight is 553 g/mol. The number of carbonyl (C=O) groups excluding carboxylic acids is 2. The molecule has 0 radical (unpaired) electrons. The summed E-state index contributed by atoms with van der Waals surface area (Å²) in [6.07, 6.45) is -6.02. The number of halogens is 3. The molecule has 0 bridgehead atoms. The van der Waals surface area contributed by atoms with Gasteiger partial charge in [-0.2, -0.15) is 13.2 Å². The number of nitrogens with one attached hydrogen (secondary N) is 2. The van der Waals surface area contributed by atoms with E-state index in [0.29, 0.717) is 42.4 Å². The first-order valence-electron chi connectivity index (χ1n) is 12.5. The Bertz CT molecular complexity index is 1180. The second kappa shape index (κ2) is 12.2. The topological polar surface area (TPSA) is 152 Å². The van der Waals surface area contributed by atoms with Crippen LogP contribution in [-0.2, 0) is 19.1 Å². The third-order valence-corrected chi connectivity index (χ3v) is 6.64. The number of aryl methyl sites for hydroxylation is 1. The van der Waals surface area contributed by atoms with Crippen molar-refractivity contribution >= 4 is 17.6 Å². The molecule has 3 heterocycles. The molecule has 2 aliphatic rings. The second-order valence-corrected chi connectivity index (χ2v) is 9.47. The molecule has 1 unspecified atom stereocenters. The van der Waals surface area contributed by atoms with E-state index in [2.05, 4.69) is 15.6 Å². The number of rotatable bonds is 8. The summed E-state index contributed by atoms with van der Waals surface area (Å²) >= 11 is 0. The van der Waals surface area contributed by atoms with E-state index in [-0.39, 0.29) is 25.8 Å². The van der Waals surface area contributed by atoms with Crippen LogP contribution in [0.5, 0.6) is 0 Å². The number of nitrogens with two attached hydrogens (primary N) is 1. The third kappa shape index (κ3) is 7.20. The summed E-state index contributed by atoms with van der Waals surface area (Å²) in [4.78, 5) is 33.8. The van der Waals surface area contributed by atoms with E-state index in [1.807, 2.05) is 6.92 Å². The number of alkyl halides is 3. The largest absolute Gasteiger partial charge is 0.434 e. The minimum atomic E-state index is -4.48. The summed E-state index contributed by atoms with van der Waals surface area (Å²) in [6, 6.07) is 6.99. The predicted molar refractivity (Wildman–Crippen MR) is 133 cm³/mol. The highest BCUT2D eigenvalue weighted by molar-refractivity contribution is 6.31. The lowest BCUT2D eigenvalue weighted by Crippen LogP contribution is -2.49. The van der Waals surface area contributed by atoms with Crippen LogP contribution < -0.4 is 21.3 Å². The normalized spacial score (nSPS) is 23.6. The van der Waals surface area contributed by atoms with Crippen LogP contribution in [0.2, 0.25) is 0 Å². The molecule has 4 atom stereocenters. The fourth-order valence-corrected chi connectivity index (χ4v) is 4.81.